The molecule has 12 aromatic carbocycles. The normalized spacial score (nSPS) is 14.0. The van der Waals surface area contributed by atoms with Crippen LogP contribution >= 0.6 is 0 Å². The first-order valence-electron chi connectivity index (χ1n) is 33.6. The Morgan fingerprint density at radius 1 is 0.287 bits per heavy atom. The van der Waals surface area contributed by atoms with Gasteiger partial charge in [0.15, 0.2) is 0 Å². The summed E-state index contributed by atoms with van der Waals surface area (Å²) in [7, 11) is 0. The van der Waals surface area contributed by atoms with Crippen LogP contribution in [0.4, 0.5) is 62.6 Å². The summed E-state index contributed by atoms with van der Waals surface area (Å²) in [5, 5.41) is 0. The molecular formula is C90H86N4. The molecule has 0 fully saturated rings. The van der Waals surface area contributed by atoms with E-state index in [4.69, 9.17) is 0 Å². The molecule has 4 nitrogen and oxygen atoms in total. The van der Waals surface area contributed by atoms with Crippen LogP contribution < -0.4 is 19.6 Å². The molecule has 0 spiro atoms. The Labute approximate surface area is 559 Å². The van der Waals surface area contributed by atoms with Gasteiger partial charge in [0.05, 0.1) is 0 Å². The fraction of sp³-hybridized carbons (Fsp3) is 0.156. The Morgan fingerprint density at radius 2 is 0.606 bits per heavy atom. The maximum Gasteiger partial charge on any atom is 0.107 e. The standard InChI is InChI=1S/C52H54N2.C38H32N2/c1-5-7-12-42-20-30-48(31-21-42)53(47-26-16-40(3)17-27-47)49-34-24-44(25-35-49)45-36-38-52(39-37-45,46-14-10-9-11-15-46)54(50-28-18-41(4)19-29-50)51-32-22-43(23-33-51)13-8-6-2;1-29-11-9-17-37(27-29)39(33-13-5-3-6-14-33)35-23-19-31(20-24-35)32-21-25-36(26-22-32)40(34-15-7-4-8-16-34)38-18-10-12-30(2)28-38/h9-11,14-39,45H,5-8,12-13H2,1-4H3;3-28H,1-2H3. The molecule has 1 aliphatic rings. The Bertz CT molecular complexity index is 4240. The minimum atomic E-state index is -0.510. The SMILES string of the molecule is CCCCc1ccc(N(c2ccc(C)cc2)c2ccc(C3C=CC(c4ccccc4)(N(c4ccc(C)cc4)c4ccc(CCCC)cc4)C=C3)cc2)cc1.Cc1cccc(N(c2ccccc2)c2ccc(-c3ccc(N(c4ccccc4)c4cccc(C)c4)cc3)cc2)c1. The van der Waals surface area contributed by atoms with Crippen molar-refractivity contribution in [2.45, 2.75) is 91.5 Å². The van der Waals surface area contributed by atoms with E-state index in [0.717, 1.165) is 64.0 Å². The summed E-state index contributed by atoms with van der Waals surface area (Å²) in [5.41, 5.74) is 24.8. The number of hydrogen-bond acceptors (Lipinski definition) is 4. The van der Waals surface area contributed by atoms with E-state index in [1.54, 1.807) is 0 Å². The zero-order valence-corrected chi connectivity index (χ0v) is 55.4. The smallest absolute Gasteiger partial charge is 0.107 e. The van der Waals surface area contributed by atoms with E-state index in [-0.39, 0.29) is 5.92 Å². The number of rotatable bonds is 21. The predicted molar refractivity (Wildman–Crippen MR) is 403 cm³/mol. The molecular weight excluding hydrogens is 1140 g/mol. The number of aryl methyl sites for hydroxylation is 6. The number of hydrogen-bond donors (Lipinski definition) is 0. The fourth-order valence-electron chi connectivity index (χ4n) is 12.8. The third-order valence-electron chi connectivity index (χ3n) is 18.0. The van der Waals surface area contributed by atoms with Gasteiger partial charge in [-0.25, -0.2) is 0 Å². The quantitative estimate of drug-likeness (QED) is 0.0665. The van der Waals surface area contributed by atoms with E-state index in [2.05, 4.69) is 395 Å². The maximum atomic E-state index is 2.50. The monoisotopic (exact) mass is 1220 g/mol. The van der Waals surface area contributed by atoms with Crippen LogP contribution in [0, 0.1) is 27.7 Å². The summed E-state index contributed by atoms with van der Waals surface area (Å²) < 4.78 is 0. The van der Waals surface area contributed by atoms with Crippen LogP contribution in [0.1, 0.15) is 90.0 Å². The van der Waals surface area contributed by atoms with Crippen molar-refractivity contribution >= 4 is 62.6 Å². The zero-order valence-electron chi connectivity index (χ0n) is 55.4. The molecule has 0 N–H and O–H groups in total. The molecule has 0 atom stereocenters. The van der Waals surface area contributed by atoms with Crippen molar-refractivity contribution in [2.75, 3.05) is 19.6 Å². The van der Waals surface area contributed by atoms with Gasteiger partial charge in [0.25, 0.3) is 0 Å². The summed E-state index contributed by atoms with van der Waals surface area (Å²) in [6.07, 6.45) is 16.7. The number of unbranched alkanes of at least 4 members (excludes halogenated alkanes) is 2. The van der Waals surface area contributed by atoms with E-state index < -0.39 is 5.54 Å². The van der Waals surface area contributed by atoms with Gasteiger partial charge in [-0.15, -0.1) is 0 Å². The summed E-state index contributed by atoms with van der Waals surface area (Å²) >= 11 is 0. The first-order valence-corrected chi connectivity index (χ1v) is 33.6. The zero-order chi connectivity index (χ0) is 64.6. The highest BCUT2D eigenvalue weighted by atomic mass is 15.2. The lowest BCUT2D eigenvalue weighted by molar-refractivity contribution is 0.661. The molecule has 1 aliphatic carbocycles. The predicted octanol–water partition coefficient (Wildman–Crippen LogP) is 25.3. The Hall–Kier alpha value is -10.7. The molecule has 4 heteroatoms. The van der Waals surface area contributed by atoms with Gasteiger partial charge in [0.1, 0.15) is 5.54 Å². The average Bonchev–Trinajstić information content (AvgIpc) is 0.752. The lowest BCUT2D eigenvalue weighted by Gasteiger charge is -2.44. The molecule has 0 bridgehead atoms. The van der Waals surface area contributed by atoms with Crippen molar-refractivity contribution in [3.8, 4) is 11.1 Å². The van der Waals surface area contributed by atoms with Gasteiger partial charge in [-0.2, -0.15) is 0 Å². The van der Waals surface area contributed by atoms with Crippen LogP contribution in [0.3, 0.4) is 0 Å². The number of anilines is 11. The molecule has 12 aromatic rings. The van der Waals surface area contributed by atoms with Crippen LogP contribution in [-0.4, -0.2) is 0 Å². The van der Waals surface area contributed by atoms with Crippen LogP contribution in [0.5, 0.6) is 0 Å². The third-order valence-corrected chi connectivity index (χ3v) is 18.0. The second-order valence-corrected chi connectivity index (χ2v) is 25.0. The van der Waals surface area contributed by atoms with Crippen LogP contribution in [0.2, 0.25) is 0 Å². The van der Waals surface area contributed by atoms with Crippen molar-refractivity contribution in [2.24, 2.45) is 0 Å². The number of benzene rings is 12. The molecule has 94 heavy (non-hydrogen) atoms. The Kier molecular flexibility index (Phi) is 20.4. The van der Waals surface area contributed by atoms with Crippen molar-refractivity contribution in [1.29, 1.82) is 0 Å². The minimum absolute atomic E-state index is 0.151. The van der Waals surface area contributed by atoms with Crippen LogP contribution in [0.25, 0.3) is 11.1 Å². The van der Waals surface area contributed by atoms with Gasteiger partial charge in [-0.05, 0) is 231 Å². The molecule has 0 heterocycles. The summed E-state index contributed by atoms with van der Waals surface area (Å²) in [6, 6.07) is 112. The number of nitrogens with zero attached hydrogens (tertiary/aromatic N) is 4. The highest BCUT2D eigenvalue weighted by Gasteiger charge is 2.38. The van der Waals surface area contributed by atoms with E-state index in [0.29, 0.717) is 0 Å². The van der Waals surface area contributed by atoms with Crippen molar-refractivity contribution in [3.63, 3.8) is 0 Å². The van der Waals surface area contributed by atoms with E-state index >= 15 is 0 Å². The van der Waals surface area contributed by atoms with Crippen molar-refractivity contribution < 1.29 is 0 Å². The van der Waals surface area contributed by atoms with Crippen molar-refractivity contribution in [1.82, 2.24) is 0 Å². The van der Waals surface area contributed by atoms with Crippen LogP contribution in [0.15, 0.2) is 334 Å². The highest BCUT2D eigenvalue weighted by Crippen LogP contribution is 2.46. The van der Waals surface area contributed by atoms with Gasteiger partial charge in [-0.3, -0.25) is 0 Å². The lowest BCUT2D eigenvalue weighted by Crippen LogP contribution is -2.41. The summed E-state index contributed by atoms with van der Waals surface area (Å²) in [4.78, 5) is 9.48. The summed E-state index contributed by atoms with van der Waals surface area (Å²) in [6.45, 7) is 13.1. The second-order valence-electron chi connectivity index (χ2n) is 25.0. The largest absolute Gasteiger partial charge is 0.324 e. The minimum Gasteiger partial charge on any atom is -0.324 e. The molecule has 466 valence electrons. The van der Waals surface area contributed by atoms with Crippen molar-refractivity contribution in [3.05, 3.63) is 378 Å². The maximum absolute atomic E-state index is 2.50. The van der Waals surface area contributed by atoms with Gasteiger partial charge >= 0.3 is 0 Å². The second kappa shape index (κ2) is 30.2. The first kappa shape index (κ1) is 63.5. The summed E-state index contributed by atoms with van der Waals surface area (Å²) in [5.74, 6) is 0.151. The molecule has 13 rings (SSSR count). The van der Waals surface area contributed by atoms with Gasteiger partial charge in [0, 0.05) is 68.5 Å². The molecule has 0 unspecified atom stereocenters. The molecule has 0 aliphatic heterocycles. The molecule has 0 radical (unpaired) electrons. The lowest BCUT2D eigenvalue weighted by atomic mass is 9.79. The molecule has 0 saturated heterocycles. The van der Waals surface area contributed by atoms with Crippen LogP contribution in [-0.2, 0) is 18.4 Å². The highest BCUT2D eigenvalue weighted by molar-refractivity contribution is 5.82. The topological polar surface area (TPSA) is 13.0 Å². The average molecular weight is 1220 g/mol. The molecule has 0 saturated carbocycles. The number of para-hydroxylation sites is 2. The van der Waals surface area contributed by atoms with Gasteiger partial charge in [0.2, 0.25) is 0 Å². The van der Waals surface area contributed by atoms with E-state index in [9.17, 15) is 0 Å². The Balaban J connectivity index is 0.000000188. The van der Waals surface area contributed by atoms with Gasteiger partial charge < -0.3 is 19.6 Å². The molecule has 0 amide bonds. The van der Waals surface area contributed by atoms with Gasteiger partial charge in [-0.1, -0.05) is 238 Å². The first-order chi connectivity index (χ1) is 46.1. The number of allylic oxidation sites excluding steroid dienone is 2. The molecule has 0 aromatic heterocycles. The van der Waals surface area contributed by atoms with E-state index in [1.165, 1.54) is 92.7 Å². The fourth-order valence-corrected chi connectivity index (χ4v) is 12.8. The Morgan fingerprint density at radius 3 is 1.00 bits per heavy atom. The third kappa shape index (κ3) is 15.0. The van der Waals surface area contributed by atoms with E-state index in [1.807, 2.05) is 0 Å².